The van der Waals surface area contributed by atoms with Crippen LogP contribution >= 0.6 is 11.8 Å². The SMILES string of the molecule is CCC(C)Cn1c(O)c(N=O)c(=O)n(Cl)c1=O. The predicted octanol–water partition coefficient (Wildman–Crippen LogP) is 1.16. The molecule has 0 fully saturated rings. The number of hydrogen-bond donors (Lipinski definition) is 1. The molecule has 0 saturated carbocycles. The van der Waals surface area contributed by atoms with Crippen LogP contribution in [0.2, 0.25) is 0 Å². The van der Waals surface area contributed by atoms with E-state index in [0.29, 0.717) is 0 Å². The van der Waals surface area contributed by atoms with E-state index in [1.807, 2.05) is 13.8 Å². The second kappa shape index (κ2) is 5.13. The Labute approximate surface area is 101 Å². The fourth-order valence-corrected chi connectivity index (χ4v) is 1.46. The molecule has 0 aliphatic carbocycles. The van der Waals surface area contributed by atoms with Crippen molar-refractivity contribution in [3.8, 4) is 5.88 Å². The molecule has 0 amide bonds. The highest BCUT2D eigenvalue weighted by atomic mass is 35.5. The van der Waals surface area contributed by atoms with E-state index >= 15 is 0 Å². The smallest absolute Gasteiger partial charge is 0.348 e. The van der Waals surface area contributed by atoms with Crippen molar-refractivity contribution in [1.29, 1.82) is 0 Å². The van der Waals surface area contributed by atoms with Crippen molar-refractivity contribution in [2.75, 3.05) is 0 Å². The standard InChI is InChI=1S/C9H12ClN3O4/c1-3-5(2)4-12-7(14)6(11-17)8(15)13(10)9(12)16/h5,14H,3-4H2,1-2H3. The maximum Gasteiger partial charge on any atom is 0.348 e. The van der Waals surface area contributed by atoms with Crippen molar-refractivity contribution in [3.63, 3.8) is 0 Å². The zero-order chi connectivity index (χ0) is 13.2. The van der Waals surface area contributed by atoms with E-state index in [1.165, 1.54) is 0 Å². The Balaban J connectivity index is 3.50. The first kappa shape index (κ1) is 13.4. The van der Waals surface area contributed by atoms with E-state index in [-0.39, 0.29) is 16.5 Å². The Kier molecular flexibility index (Phi) is 4.06. The fourth-order valence-electron chi connectivity index (χ4n) is 1.29. The molecule has 8 heteroatoms. The maximum absolute atomic E-state index is 11.6. The lowest BCUT2D eigenvalue weighted by molar-refractivity contribution is 0.364. The Hall–Kier alpha value is -1.63. The van der Waals surface area contributed by atoms with Crippen molar-refractivity contribution >= 4 is 17.5 Å². The summed E-state index contributed by atoms with van der Waals surface area (Å²) in [4.78, 5) is 33.4. The highest BCUT2D eigenvalue weighted by Gasteiger charge is 2.19. The Morgan fingerprint density at radius 1 is 1.47 bits per heavy atom. The monoisotopic (exact) mass is 261 g/mol. The lowest BCUT2D eigenvalue weighted by atomic mass is 10.1. The van der Waals surface area contributed by atoms with Crippen LogP contribution in [0.1, 0.15) is 20.3 Å². The lowest BCUT2D eigenvalue weighted by Gasteiger charge is -2.13. The van der Waals surface area contributed by atoms with Crippen molar-refractivity contribution in [3.05, 3.63) is 25.7 Å². The van der Waals surface area contributed by atoms with Crippen LogP contribution in [0.15, 0.2) is 14.8 Å². The minimum Gasteiger partial charge on any atom is -0.493 e. The third-order valence-electron chi connectivity index (χ3n) is 2.53. The highest BCUT2D eigenvalue weighted by Crippen LogP contribution is 2.20. The Bertz CT molecular complexity index is 548. The van der Waals surface area contributed by atoms with Crippen LogP contribution in [0.5, 0.6) is 5.88 Å². The number of nitrogens with zero attached hydrogens (tertiary/aromatic N) is 3. The van der Waals surface area contributed by atoms with Crippen molar-refractivity contribution in [2.24, 2.45) is 11.1 Å². The van der Waals surface area contributed by atoms with Gasteiger partial charge in [-0.15, -0.1) is 4.91 Å². The number of halogens is 1. The molecule has 1 aromatic heterocycles. The van der Waals surface area contributed by atoms with Gasteiger partial charge < -0.3 is 5.11 Å². The van der Waals surface area contributed by atoms with Gasteiger partial charge in [0, 0.05) is 18.3 Å². The third-order valence-corrected chi connectivity index (χ3v) is 2.83. The van der Waals surface area contributed by atoms with Gasteiger partial charge in [0.1, 0.15) is 0 Å². The van der Waals surface area contributed by atoms with Gasteiger partial charge in [-0.1, -0.05) is 20.3 Å². The lowest BCUT2D eigenvalue weighted by Crippen LogP contribution is -2.36. The minimum atomic E-state index is -1.12. The zero-order valence-corrected chi connectivity index (χ0v) is 10.1. The second-order valence-electron chi connectivity index (χ2n) is 3.76. The average Bonchev–Trinajstić information content (AvgIpc) is 2.32. The van der Waals surface area contributed by atoms with Crippen LogP contribution in [0.4, 0.5) is 5.69 Å². The molecule has 0 saturated heterocycles. The summed E-state index contributed by atoms with van der Waals surface area (Å²) in [6, 6.07) is 0. The van der Waals surface area contributed by atoms with Crippen LogP contribution in [0.3, 0.4) is 0 Å². The molecule has 1 heterocycles. The van der Waals surface area contributed by atoms with Gasteiger partial charge in [-0.05, 0) is 11.1 Å². The van der Waals surface area contributed by atoms with Gasteiger partial charge in [0.2, 0.25) is 11.6 Å². The van der Waals surface area contributed by atoms with Crippen LogP contribution in [0, 0.1) is 10.8 Å². The molecule has 7 nitrogen and oxygen atoms in total. The first-order chi connectivity index (χ1) is 7.93. The minimum absolute atomic E-state index is 0.0762. The first-order valence-corrected chi connectivity index (χ1v) is 5.36. The Morgan fingerprint density at radius 3 is 2.53 bits per heavy atom. The summed E-state index contributed by atoms with van der Waals surface area (Å²) in [5.41, 5.74) is -2.77. The molecule has 0 radical (unpaired) electrons. The second-order valence-corrected chi connectivity index (χ2v) is 4.09. The molecule has 0 aromatic carbocycles. The van der Waals surface area contributed by atoms with Gasteiger partial charge >= 0.3 is 11.2 Å². The topological polar surface area (TPSA) is 93.7 Å². The number of rotatable bonds is 4. The molecule has 1 aromatic rings. The van der Waals surface area contributed by atoms with Gasteiger partial charge in [-0.2, -0.15) is 4.09 Å². The van der Waals surface area contributed by atoms with E-state index in [9.17, 15) is 19.6 Å². The molecule has 94 valence electrons. The largest absolute Gasteiger partial charge is 0.493 e. The molecule has 1 rings (SSSR count). The predicted molar refractivity (Wildman–Crippen MR) is 62.8 cm³/mol. The summed E-state index contributed by atoms with van der Waals surface area (Å²) in [5.74, 6) is -0.667. The fraction of sp³-hybridized carbons (Fsp3) is 0.556. The maximum atomic E-state index is 11.6. The summed E-state index contributed by atoms with van der Waals surface area (Å²) in [7, 11) is 0. The van der Waals surface area contributed by atoms with Crippen LogP contribution in [-0.2, 0) is 6.54 Å². The number of aromatic nitrogens is 2. The van der Waals surface area contributed by atoms with Crippen LogP contribution in [-0.4, -0.2) is 13.8 Å². The van der Waals surface area contributed by atoms with Crippen LogP contribution < -0.4 is 11.2 Å². The summed E-state index contributed by atoms with van der Waals surface area (Å²) < 4.78 is 1.10. The summed E-state index contributed by atoms with van der Waals surface area (Å²) in [6.07, 6.45) is 0.761. The Morgan fingerprint density at radius 2 is 2.06 bits per heavy atom. The average molecular weight is 262 g/mol. The first-order valence-electron chi connectivity index (χ1n) is 5.02. The van der Waals surface area contributed by atoms with E-state index in [2.05, 4.69) is 5.18 Å². The van der Waals surface area contributed by atoms with Gasteiger partial charge in [0.25, 0.3) is 0 Å². The molecule has 1 N–H and O–H groups in total. The molecule has 0 aliphatic heterocycles. The summed E-state index contributed by atoms with van der Waals surface area (Å²) in [5, 5.41) is 12.0. The normalized spacial score (nSPS) is 12.4. The van der Waals surface area contributed by atoms with Crippen molar-refractivity contribution in [2.45, 2.75) is 26.8 Å². The molecule has 17 heavy (non-hydrogen) atoms. The molecule has 0 aliphatic rings. The summed E-state index contributed by atoms with van der Waals surface area (Å²) >= 11 is 5.43. The molecular weight excluding hydrogens is 250 g/mol. The zero-order valence-electron chi connectivity index (χ0n) is 9.38. The number of hydrogen-bond acceptors (Lipinski definition) is 5. The number of aromatic hydroxyl groups is 1. The molecule has 1 atom stereocenters. The van der Waals surface area contributed by atoms with Crippen molar-refractivity contribution in [1.82, 2.24) is 8.65 Å². The van der Waals surface area contributed by atoms with Crippen LogP contribution in [0.25, 0.3) is 0 Å². The van der Waals surface area contributed by atoms with Crippen molar-refractivity contribution < 1.29 is 5.11 Å². The molecule has 0 bridgehead atoms. The van der Waals surface area contributed by atoms with E-state index in [4.69, 9.17) is 11.8 Å². The van der Waals surface area contributed by atoms with Gasteiger partial charge in [-0.25, -0.2) is 4.79 Å². The van der Waals surface area contributed by atoms with Gasteiger partial charge in [0.15, 0.2) is 0 Å². The van der Waals surface area contributed by atoms with E-state index in [1.54, 1.807) is 0 Å². The molecule has 0 spiro atoms. The summed E-state index contributed by atoms with van der Waals surface area (Å²) in [6.45, 7) is 3.91. The number of nitroso groups, excluding NO2 is 1. The third kappa shape index (κ3) is 2.38. The molecular formula is C9H12ClN3O4. The van der Waals surface area contributed by atoms with E-state index < -0.39 is 22.8 Å². The highest BCUT2D eigenvalue weighted by molar-refractivity contribution is 6.15. The van der Waals surface area contributed by atoms with Gasteiger partial charge in [-0.3, -0.25) is 9.36 Å². The van der Waals surface area contributed by atoms with Gasteiger partial charge in [0.05, 0.1) is 0 Å². The molecule has 1 unspecified atom stereocenters. The quantitative estimate of drug-likeness (QED) is 0.823. The van der Waals surface area contributed by atoms with E-state index in [0.717, 1.165) is 11.0 Å².